The molecule has 0 fully saturated rings. The van der Waals surface area contributed by atoms with Gasteiger partial charge >= 0.3 is 0 Å². The van der Waals surface area contributed by atoms with Crippen molar-refractivity contribution in [2.24, 2.45) is 0 Å². The van der Waals surface area contributed by atoms with Gasteiger partial charge in [0.2, 0.25) is 0 Å². The SMILES string of the molecule is CC(=O)c1ccc(Oc2ccc([N+](=O)[O-])c(C)c2)c(F)c1. The van der Waals surface area contributed by atoms with Gasteiger partial charge in [-0.1, -0.05) is 0 Å². The molecule has 0 unspecified atom stereocenters. The van der Waals surface area contributed by atoms with Crippen LogP contribution in [0.2, 0.25) is 0 Å². The zero-order valence-corrected chi connectivity index (χ0v) is 11.4. The Kier molecular flexibility index (Phi) is 3.98. The fourth-order valence-corrected chi connectivity index (χ4v) is 1.83. The number of carbonyl (C=O) groups is 1. The average Bonchev–Trinajstić information content (AvgIpc) is 2.40. The summed E-state index contributed by atoms with van der Waals surface area (Å²) in [5.41, 5.74) is 0.632. The maximum atomic E-state index is 13.8. The van der Waals surface area contributed by atoms with Gasteiger partial charge in [-0.25, -0.2) is 4.39 Å². The molecule has 0 heterocycles. The molecule has 0 spiro atoms. The number of nitro groups is 1. The highest BCUT2D eigenvalue weighted by Gasteiger charge is 2.13. The summed E-state index contributed by atoms with van der Waals surface area (Å²) in [5.74, 6) is -0.675. The van der Waals surface area contributed by atoms with Crippen LogP contribution in [0, 0.1) is 22.9 Å². The Morgan fingerprint density at radius 3 is 2.48 bits per heavy atom. The largest absolute Gasteiger partial charge is 0.454 e. The second-order valence-corrected chi connectivity index (χ2v) is 4.51. The number of ketones is 1. The van der Waals surface area contributed by atoms with E-state index in [1.807, 2.05) is 0 Å². The van der Waals surface area contributed by atoms with E-state index < -0.39 is 10.7 Å². The first-order valence-corrected chi connectivity index (χ1v) is 6.12. The molecular weight excluding hydrogens is 277 g/mol. The topological polar surface area (TPSA) is 69.4 Å². The summed E-state index contributed by atoms with van der Waals surface area (Å²) >= 11 is 0. The van der Waals surface area contributed by atoms with Gasteiger partial charge < -0.3 is 4.74 Å². The van der Waals surface area contributed by atoms with E-state index >= 15 is 0 Å². The van der Waals surface area contributed by atoms with Crippen molar-refractivity contribution in [3.63, 3.8) is 0 Å². The van der Waals surface area contributed by atoms with E-state index in [2.05, 4.69) is 0 Å². The van der Waals surface area contributed by atoms with Crippen molar-refractivity contribution >= 4 is 11.5 Å². The Balaban J connectivity index is 2.28. The highest BCUT2D eigenvalue weighted by molar-refractivity contribution is 5.94. The number of nitro benzene ring substituents is 1. The quantitative estimate of drug-likeness (QED) is 0.484. The second kappa shape index (κ2) is 5.70. The van der Waals surface area contributed by atoms with E-state index in [1.54, 1.807) is 6.92 Å². The van der Waals surface area contributed by atoms with Gasteiger partial charge in [-0.05, 0) is 44.2 Å². The lowest BCUT2D eigenvalue weighted by Gasteiger charge is -2.08. The summed E-state index contributed by atoms with van der Waals surface area (Å²) in [6, 6.07) is 8.05. The van der Waals surface area contributed by atoms with Gasteiger partial charge in [0, 0.05) is 17.2 Å². The predicted molar refractivity (Wildman–Crippen MR) is 74.3 cm³/mol. The van der Waals surface area contributed by atoms with E-state index in [0.717, 1.165) is 6.07 Å². The molecule has 0 atom stereocenters. The molecule has 0 saturated carbocycles. The van der Waals surface area contributed by atoms with Crippen molar-refractivity contribution in [3.8, 4) is 11.5 Å². The number of ether oxygens (including phenoxy) is 1. The third-order valence-electron chi connectivity index (χ3n) is 2.93. The molecule has 0 aliphatic rings. The monoisotopic (exact) mass is 289 g/mol. The first-order chi connectivity index (χ1) is 9.88. The zero-order valence-electron chi connectivity index (χ0n) is 11.4. The molecule has 2 aromatic carbocycles. The normalized spacial score (nSPS) is 10.2. The fraction of sp³-hybridized carbons (Fsp3) is 0.133. The van der Waals surface area contributed by atoms with Gasteiger partial charge in [0.25, 0.3) is 5.69 Å². The van der Waals surface area contributed by atoms with Crippen molar-refractivity contribution < 1.29 is 18.8 Å². The Hall–Kier alpha value is -2.76. The van der Waals surface area contributed by atoms with Crippen LogP contribution in [-0.2, 0) is 0 Å². The second-order valence-electron chi connectivity index (χ2n) is 4.51. The van der Waals surface area contributed by atoms with E-state index in [9.17, 15) is 19.3 Å². The molecular formula is C15H12FNO4. The first kappa shape index (κ1) is 14.6. The number of aryl methyl sites for hydroxylation is 1. The summed E-state index contributed by atoms with van der Waals surface area (Å²) in [7, 11) is 0. The maximum absolute atomic E-state index is 13.8. The summed E-state index contributed by atoms with van der Waals surface area (Å²) < 4.78 is 19.2. The molecule has 21 heavy (non-hydrogen) atoms. The van der Waals surface area contributed by atoms with Gasteiger partial charge in [0.15, 0.2) is 17.3 Å². The van der Waals surface area contributed by atoms with Gasteiger partial charge in [0.1, 0.15) is 5.75 Å². The summed E-state index contributed by atoms with van der Waals surface area (Å²) in [5, 5.41) is 10.7. The Labute approximate surface area is 120 Å². The lowest BCUT2D eigenvalue weighted by Crippen LogP contribution is -1.96. The first-order valence-electron chi connectivity index (χ1n) is 6.12. The van der Waals surface area contributed by atoms with Crippen molar-refractivity contribution in [2.75, 3.05) is 0 Å². The van der Waals surface area contributed by atoms with Crippen LogP contribution >= 0.6 is 0 Å². The molecule has 108 valence electrons. The van der Waals surface area contributed by atoms with E-state index in [-0.39, 0.29) is 28.5 Å². The van der Waals surface area contributed by atoms with E-state index in [1.165, 1.54) is 37.3 Å². The molecule has 5 nitrogen and oxygen atoms in total. The fourth-order valence-electron chi connectivity index (χ4n) is 1.83. The number of hydrogen-bond acceptors (Lipinski definition) is 4. The lowest BCUT2D eigenvalue weighted by atomic mass is 10.1. The van der Waals surface area contributed by atoms with E-state index in [4.69, 9.17) is 4.74 Å². The van der Waals surface area contributed by atoms with Crippen LogP contribution in [0.25, 0.3) is 0 Å². The number of Topliss-reactive ketones (excluding diaryl/α,β-unsaturated/α-hetero) is 1. The Bertz CT molecular complexity index is 728. The molecule has 2 aromatic rings. The third kappa shape index (κ3) is 3.22. The average molecular weight is 289 g/mol. The van der Waals surface area contributed by atoms with Gasteiger partial charge in [-0.15, -0.1) is 0 Å². The number of hydrogen-bond donors (Lipinski definition) is 0. The minimum atomic E-state index is -0.668. The number of nitrogens with zero attached hydrogens (tertiary/aromatic N) is 1. The van der Waals surface area contributed by atoms with Crippen LogP contribution in [-0.4, -0.2) is 10.7 Å². The molecule has 6 heteroatoms. The van der Waals surface area contributed by atoms with Gasteiger partial charge in [0.05, 0.1) is 4.92 Å². The number of halogens is 1. The Morgan fingerprint density at radius 1 is 1.24 bits per heavy atom. The zero-order chi connectivity index (χ0) is 15.6. The third-order valence-corrected chi connectivity index (χ3v) is 2.93. The van der Waals surface area contributed by atoms with Crippen LogP contribution in [0.3, 0.4) is 0 Å². The highest BCUT2D eigenvalue weighted by Crippen LogP contribution is 2.29. The van der Waals surface area contributed by atoms with Crippen LogP contribution < -0.4 is 4.74 Å². The standard InChI is InChI=1S/C15H12FNO4/c1-9-7-12(4-5-14(9)17(19)20)21-15-6-3-11(10(2)18)8-13(15)16/h3-8H,1-2H3. The number of carbonyl (C=O) groups excluding carboxylic acids is 1. The van der Waals surface area contributed by atoms with E-state index in [0.29, 0.717) is 5.56 Å². The lowest BCUT2D eigenvalue weighted by molar-refractivity contribution is -0.385. The highest BCUT2D eigenvalue weighted by atomic mass is 19.1. The van der Waals surface area contributed by atoms with Crippen LogP contribution in [0.4, 0.5) is 10.1 Å². The minimum absolute atomic E-state index is 0.0326. The van der Waals surface area contributed by atoms with Crippen LogP contribution in [0.1, 0.15) is 22.8 Å². The minimum Gasteiger partial charge on any atom is -0.454 e. The van der Waals surface area contributed by atoms with Gasteiger partial charge in [-0.2, -0.15) is 0 Å². The maximum Gasteiger partial charge on any atom is 0.272 e. The molecule has 0 bridgehead atoms. The molecule has 0 aliphatic carbocycles. The molecule has 0 N–H and O–H groups in total. The van der Waals surface area contributed by atoms with Gasteiger partial charge in [-0.3, -0.25) is 14.9 Å². The van der Waals surface area contributed by atoms with Crippen molar-refractivity contribution in [1.82, 2.24) is 0 Å². The van der Waals surface area contributed by atoms with Crippen molar-refractivity contribution in [1.29, 1.82) is 0 Å². The van der Waals surface area contributed by atoms with Crippen molar-refractivity contribution in [3.05, 3.63) is 63.5 Å². The predicted octanol–water partition coefficient (Wildman–Crippen LogP) is 4.04. The molecule has 0 saturated heterocycles. The molecule has 0 aromatic heterocycles. The molecule has 2 rings (SSSR count). The number of benzene rings is 2. The summed E-state index contributed by atoms with van der Waals surface area (Å²) in [4.78, 5) is 21.4. The Morgan fingerprint density at radius 2 is 1.95 bits per heavy atom. The molecule has 0 amide bonds. The molecule has 0 aliphatic heterocycles. The summed E-state index contributed by atoms with van der Waals surface area (Å²) in [6.45, 7) is 2.91. The van der Waals surface area contributed by atoms with Crippen LogP contribution in [0.15, 0.2) is 36.4 Å². The van der Waals surface area contributed by atoms with Crippen LogP contribution in [0.5, 0.6) is 11.5 Å². The van der Waals surface area contributed by atoms with Crippen molar-refractivity contribution in [2.45, 2.75) is 13.8 Å². The smallest absolute Gasteiger partial charge is 0.272 e. The number of rotatable bonds is 4. The summed E-state index contributed by atoms with van der Waals surface area (Å²) in [6.07, 6.45) is 0. The molecule has 0 radical (unpaired) electrons.